The van der Waals surface area contributed by atoms with Crippen LogP contribution in [0.25, 0.3) is 11.3 Å². The molecule has 1 N–H and O–H groups in total. The number of tetrazole rings is 1. The molecule has 0 saturated heterocycles. The molecule has 4 aromatic rings. The largest absolute Gasteiger partial charge is 0.444 e. The zero-order valence-electron chi connectivity index (χ0n) is 17.9. The summed E-state index contributed by atoms with van der Waals surface area (Å²) in [5.41, 5.74) is 2.92. The van der Waals surface area contributed by atoms with E-state index in [-0.39, 0.29) is 28.8 Å². The summed E-state index contributed by atoms with van der Waals surface area (Å²) in [6, 6.07) is 13.1. The first-order valence-electron chi connectivity index (χ1n) is 10.6. The number of nitrogens with one attached hydrogen (secondary N) is 1. The van der Waals surface area contributed by atoms with Gasteiger partial charge in [-0.2, -0.15) is 11.8 Å². The van der Waals surface area contributed by atoms with E-state index in [0.29, 0.717) is 12.3 Å². The highest BCUT2D eigenvalue weighted by Crippen LogP contribution is 2.43. The van der Waals surface area contributed by atoms with Gasteiger partial charge in [0.1, 0.15) is 5.82 Å². The molecule has 0 radical (unpaired) electrons. The topological polar surface area (TPSA) is 81.7 Å². The van der Waals surface area contributed by atoms with Crippen LogP contribution >= 0.6 is 23.4 Å². The molecule has 7 nitrogen and oxygen atoms in total. The van der Waals surface area contributed by atoms with Gasteiger partial charge < -0.3 is 9.73 Å². The summed E-state index contributed by atoms with van der Waals surface area (Å²) in [6.45, 7) is 0.717. The number of benzene rings is 2. The molecule has 2 aromatic heterocycles. The molecule has 33 heavy (non-hydrogen) atoms. The van der Waals surface area contributed by atoms with Crippen LogP contribution in [0.3, 0.4) is 0 Å². The van der Waals surface area contributed by atoms with Gasteiger partial charge in [0, 0.05) is 23.3 Å². The summed E-state index contributed by atoms with van der Waals surface area (Å²) in [5, 5.41) is 16.3. The smallest absolute Gasteiger partial charge is 0.181 e. The van der Waals surface area contributed by atoms with Crippen LogP contribution in [0.1, 0.15) is 35.3 Å². The molecular weight excluding hydrogens is 463 g/mol. The number of rotatable bonds is 9. The van der Waals surface area contributed by atoms with Crippen LogP contribution in [-0.4, -0.2) is 43.2 Å². The van der Waals surface area contributed by atoms with Gasteiger partial charge in [-0.25, -0.2) is 14.1 Å². The van der Waals surface area contributed by atoms with E-state index < -0.39 is 0 Å². The lowest BCUT2D eigenvalue weighted by Gasteiger charge is -2.19. The Morgan fingerprint density at radius 2 is 2.12 bits per heavy atom. The van der Waals surface area contributed by atoms with Gasteiger partial charge in [-0.15, -0.1) is 5.10 Å². The first-order chi connectivity index (χ1) is 16.1. The Bertz CT molecular complexity index is 1220. The fourth-order valence-corrected chi connectivity index (χ4v) is 4.45. The second-order valence-corrected chi connectivity index (χ2v) is 9.36. The van der Waals surface area contributed by atoms with Crippen molar-refractivity contribution in [3.05, 3.63) is 82.8 Å². The van der Waals surface area contributed by atoms with Crippen LogP contribution in [0, 0.1) is 5.82 Å². The van der Waals surface area contributed by atoms with Crippen molar-refractivity contribution in [2.45, 2.75) is 31.0 Å². The minimum absolute atomic E-state index is 0.140. The van der Waals surface area contributed by atoms with Gasteiger partial charge in [-0.3, -0.25) is 0 Å². The van der Waals surface area contributed by atoms with Gasteiger partial charge in [0.05, 0.1) is 23.8 Å². The van der Waals surface area contributed by atoms with Crippen LogP contribution in [-0.2, 0) is 6.54 Å². The highest BCUT2D eigenvalue weighted by atomic mass is 35.5. The van der Waals surface area contributed by atoms with E-state index in [2.05, 4.69) is 32.1 Å². The van der Waals surface area contributed by atoms with Crippen LogP contribution in [0.5, 0.6) is 0 Å². The second-order valence-electron chi connectivity index (χ2n) is 7.96. The molecule has 2 aromatic carbocycles. The van der Waals surface area contributed by atoms with Crippen molar-refractivity contribution in [2.24, 2.45) is 0 Å². The molecule has 0 amide bonds. The maximum Gasteiger partial charge on any atom is 0.181 e. The van der Waals surface area contributed by atoms with E-state index >= 15 is 0 Å². The fourth-order valence-electron chi connectivity index (χ4n) is 3.98. The van der Waals surface area contributed by atoms with Crippen LogP contribution in [0.15, 0.2) is 59.5 Å². The molecule has 0 spiro atoms. The predicted octanol–water partition coefficient (Wildman–Crippen LogP) is 4.72. The van der Waals surface area contributed by atoms with Crippen molar-refractivity contribution in [3.8, 4) is 11.3 Å². The molecule has 0 bridgehead atoms. The average molecular weight is 485 g/mol. The monoisotopic (exact) mass is 484 g/mol. The lowest BCUT2D eigenvalue weighted by molar-refractivity contribution is 0.514. The van der Waals surface area contributed by atoms with E-state index in [0.717, 1.165) is 34.7 Å². The number of hydrogen-bond donors (Lipinski definition) is 1. The third-order valence-corrected chi connectivity index (χ3v) is 6.73. The number of hydrogen-bond acceptors (Lipinski definition) is 7. The van der Waals surface area contributed by atoms with E-state index in [4.69, 9.17) is 16.0 Å². The van der Waals surface area contributed by atoms with Gasteiger partial charge in [0.25, 0.3) is 0 Å². The van der Waals surface area contributed by atoms with Crippen molar-refractivity contribution in [3.63, 3.8) is 0 Å². The molecule has 170 valence electrons. The van der Waals surface area contributed by atoms with Gasteiger partial charge in [-0.1, -0.05) is 41.9 Å². The normalized spacial score (nSPS) is 18.4. The Labute approximate surface area is 199 Å². The van der Waals surface area contributed by atoms with Crippen LogP contribution < -0.4 is 5.32 Å². The predicted molar refractivity (Wildman–Crippen MR) is 126 cm³/mol. The average Bonchev–Trinajstić information content (AvgIpc) is 3.20. The number of aromatic nitrogens is 5. The Balaban J connectivity index is 1.41. The Morgan fingerprint density at radius 1 is 1.27 bits per heavy atom. The van der Waals surface area contributed by atoms with Gasteiger partial charge in [0.15, 0.2) is 18.0 Å². The van der Waals surface area contributed by atoms with E-state index in [1.54, 1.807) is 24.0 Å². The molecule has 0 aliphatic heterocycles. The van der Waals surface area contributed by atoms with Gasteiger partial charge in [0.2, 0.25) is 0 Å². The number of halogens is 2. The maximum absolute atomic E-state index is 14.0. The van der Waals surface area contributed by atoms with Crippen molar-refractivity contribution in [1.82, 2.24) is 30.5 Å². The van der Waals surface area contributed by atoms with E-state index in [9.17, 15) is 4.39 Å². The lowest BCUT2D eigenvalue weighted by atomic mass is 10.0. The minimum atomic E-state index is -0.389. The number of oxazole rings is 1. The summed E-state index contributed by atoms with van der Waals surface area (Å²) in [7, 11) is 0. The van der Waals surface area contributed by atoms with Crippen LogP contribution in [0.4, 0.5) is 4.39 Å². The number of nitrogens with zero attached hydrogens (tertiary/aromatic N) is 5. The van der Waals surface area contributed by atoms with Crippen LogP contribution in [0.2, 0.25) is 5.02 Å². The van der Waals surface area contributed by atoms with E-state index in [1.165, 1.54) is 12.5 Å². The third kappa shape index (κ3) is 4.80. The molecule has 1 unspecified atom stereocenters. The highest BCUT2D eigenvalue weighted by Gasteiger charge is 2.41. The molecule has 1 aliphatic carbocycles. The Kier molecular flexibility index (Phi) is 6.43. The molecule has 5 rings (SSSR count). The highest BCUT2D eigenvalue weighted by molar-refractivity contribution is 7.98. The molecule has 1 saturated carbocycles. The fraction of sp³-hybridized carbons (Fsp3) is 0.304. The molecular formula is C23H22ClFN6OS. The molecule has 1 aliphatic rings. The standard InChI is InChI=1S/C23H22ClFN6OS/c1-33-9-8-31-23(28-29-30-31)22(15-4-2-14(3-5-15)21-12-26-13-32-21)27-20-11-17(20)16-6-7-18(24)19(25)10-16/h2-7,10,12-13,17,20,22,27H,8-9,11H2,1H3/t17-,20+,22?/m0/s1. The van der Waals surface area contributed by atoms with Crippen molar-refractivity contribution >= 4 is 23.4 Å². The minimum Gasteiger partial charge on any atom is -0.444 e. The van der Waals surface area contributed by atoms with Crippen molar-refractivity contribution < 1.29 is 8.81 Å². The maximum atomic E-state index is 14.0. The molecule has 2 heterocycles. The molecule has 10 heteroatoms. The van der Waals surface area contributed by atoms with Gasteiger partial charge >= 0.3 is 0 Å². The zero-order valence-corrected chi connectivity index (χ0v) is 19.4. The third-order valence-electron chi connectivity index (χ3n) is 5.83. The van der Waals surface area contributed by atoms with Crippen molar-refractivity contribution in [1.29, 1.82) is 0 Å². The molecule has 3 atom stereocenters. The lowest BCUT2D eigenvalue weighted by Crippen LogP contribution is -2.29. The summed E-state index contributed by atoms with van der Waals surface area (Å²) < 4.78 is 21.2. The summed E-state index contributed by atoms with van der Waals surface area (Å²) in [6.07, 6.45) is 6.07. The first-order valence-corrected chi connectivity index (χ1v) is 12.4. The Morgan fingerprint density at radius 3 is 2.85 bits per heavy atom. The zero-order chi connectivity index (χ0) is 22.8. The van der Waals surface area contributed by atoms with Crippen molar-refractivity contribution in [2.75, 3.05) is 12.0 Å². The number of aryl methyl sites for hydroxylation is 1. The Hall–Kier alpha value is -2.75. The van der Waals surface area contributed by atoms with Gasteiger partial charge in [-0.05, 0) is 46.4 Å². The summed E-state index contributed by atoms with van der Waals surface area (Å²) in [5.74, 6) is 2.20. The first kappa shape index (κ1) is 22.1. The number of thioether (sulfide) groups is 1. The summed E-state index contributed by atoms with van der Waals surface area (Å²) >= 11 is 7.60. The van der Waals surface area contributed by atoms with E-state index in [1.807, 2.05) is 35.0 Å². The molecule has 1 fully saturated rings. The summed E-state index contributed by atoms with van der Waals surface area (Å²) in [4.78, 5) is 3.99. The quantitative estimate of drug-likeness (QED) is 0.368. The SMILES string of the molecule is CSCCn1nnnc1C(N[C@@H]1C[C@H]1c1ccc(Cl)c(F)c1)c1ccc(-c2cnco2)cc1. The second kappa shape index (κ2) is 9.62.